The van der Waals surface area contributed by atoms with Crippen molar-refractivity contribution in [3.05, 3.63) is 23.5 Å². The van der Waals surface area contributed by atoms with Crippen LogP contribution in [0.5, 0.6) is 0 Å². The van der Waals surface area contributed by atoms with E-state index in [-0.39, 0.29) is 5.41 Å². The molecule has 1 aromatic heterocycles. The van der Waals surface area contributed by atoms with Crippen molar-refractivity contribution in [1.29, 1.82) is 0 Å². The summed E-state index contributed by atoms with van der Waals surface area (Å²) in [6.45, 7) is 9.92. The number of anilines is 1. The molecule has 0 aliphatic heterocycles. The van der Waals surface area contributed by atoms with Crippen LogP contribution in [0.15, 0.2) is 18.3 Å². The Labute approximate surface area is 97.1 Å². The predicted molar refractivity (Wildman–Crippen MR) is 66.4 cm³/mol. The Bertz CT molecular complexity index is 321. The second kappa shape index (κ2) is 4.84. The van der Waals surface area contributed by atoms with Crippen molar-refractivity contribution in [1.82, 2.24) is 4.98 Å². The van der Waals surface area contributed by atoms with Crippen LogP contribution < -0.4 is 5.32 Å². The standard InChI is InChI=1S/C12H19ClN2/c1-9(2)12(3,4)8-15-10-5-6-14-11(13)7-10/h5-7,9H,8H2,1-4H3,(H,14,15). The van der Waals surface area contributed by atoms with Crippen LogP contribution in [-0.4, -0.2) is 11.5 Å². The zero-order valence-electron chi connectivity index (χ0n) is 9.84. The molecule has 15 heavy (non-hydrogen) atoms. The molecule has 0 bridgehead atoms. The molecule has 1 N–H and O–H groups in total. The summed E-state index contributed by atoms with van der Waals surface area (Å²) in [5, 5.41) is 3.91. The van der Waals surface area contributed by atoms with Crippen molar-refractivity contribution in [3.8, 4) is 0 Å². The molecule has 0 saturated carbocycles. The van der Waals surface area contributed by atoms with E-state index >= 15 is 0 Å². The average Bonchev–Trinajstić information content (AvgIpc) is 2.15. The highest BCUT2D eigenvalue weighted by molar-refractivity contribution is 6.29. The Balaban J connectivity index is 2.57. The van der Waals surface area contributed by atoms with Gasteiger partial charge in [0.25, 0.3) is 0 Å². The summed E-state index contributed by atoms with van der Waals surface area (Å²) in [7, 11) is 0. The lowest BCUT2D eigenvalue weighted by atomic mass is 9.81. The summed E-state index contributed by atoms with van der Waals surface area (Å²) < 4.78 is 0. The number of pyridine rings is 1. The van der Waals surface area contributed by atoms with Crippen molar-refractivity contribution >= 4 is 17.3 Å². The predicted octanol–water partition coefficient (Wildman–Crippen LogP) is 3.83. The molecule has 1 aromatic rings. The maximum Gasteiger partial charge on any atom is 0.131 e. The smallest absolute Gasteiger partial charge is 0.131 e. The molecule has 84 valence electrons. The third-order valence-corrected chi connectivity index (χ3v) is 3.24. The Morgan fingerprint density at radius 3 is 2.67 bits per heavy atom. The van der Waals surface area contributed by atoms with Crippen molar-refractivity contribution in [2.24, 2.45) is 11.3 Å². The molecule has 0 radical (unpaired) electrons. The summed E-state index contributed by atoms with van der Waals surface area (Å²) >= 11 is 5.81. The molecular weight excluding hydrogens is 208 g/mol. The second-order valence-corrected chi connectivity index (χ2v) is 5.25. The molecule has 0 atom stereocenters. The summed E-state index contributed by atoms with van der Waals surface area (Å²) in [4.78, 5) is 3.94. The fourth-order valence-corrected chi connectivity index (χ4v) is 1.22. The van der Waals surface area contributed by atoms with Gasteiger partial charge >= 0.3 is 0 Å². The number of rotatable bonds is 4. The zero-order valence-corrected chi connectivity index (χ0v) is 10.6. The quantitative estimate of drug-likeness (QED) is 0.790. The van der Waals surface area contributed by atoms with Crippen LogP contribution in [-0.2, 0) is 0 Å². The second-order valence-electron chi connectivity index (χ2n) is 4.86. The van der Waals surface area contributed by atoms with Crippen molar-refractivity contribution in [2.45, 2.75) is 27.7 Å². The van der Waals surface area contributed by atoms with E-state index in [1.165, 1.54) is 0 Å². The van der Waals surface area contributed by atoms with E-state index in [1.807, 2.05) is 12.1 Å². The van der Waals surface area contributed by atoms with E-state index in [0.29, 0.717) is 11.1 Å². The van der Waals surface area contributed by atoms with Crippen LogP contribution in [0, 0.1) is 11.3 Å². The number of nitrogens with zero attached hydrogens (tertiary/aromatic N) is 1. The molecule has 0 unspecified atom stereocenters. The van der Waals surface area contributed by atoms with Crippen LogP contribution >= 0.6 is 11.6 Å². The van der Waals surface area contributed by atoms with Crippen LogP contribution in [0.4, 0.5) is 5.69 Å². The first-order valence-electron chi connectivity index (χ1n) is 5.27. The summed E-state index contributed by atoms with van der Waals surface area (Å²) in [6, 6.07) is 3.78. The maximum absolute atomic E-state index is 5.81. The molecule has 0 aliphatic rings. The van der Waals surface area contributed by atoms with Gasteiger partial charge in [0.05, 0.1) is 0 Å². The fourth-order valence-electron chi connectivity index (χ4n) is 1.05. The molecule has 1 rings (SSSR count). The van der Waals surface area contributed by atoms with Gasteiger partial charge in [-0.05, 0) is 23.5 Å². The highest BCUT2D eigenvalue weighted by atomic mass is 35.5. The third-order valence-electron chi connectivity index (χ3n) is 3.04. The number of halogens is 1. The Kier molecular flexibility index (Phi) is 3.97. The van der Waals surface area contributed by atoms with Gasteiger partial charge in [0.15, 0.2) is 0 Å². The van der Waals surface area contributed by atoms with E-state index in [4.69, 9.17) is 11.6 Å². The van der Waals surface area contributed by atoms with Gasteiger partial charge in [0.2, 0.25) is 0 Å². The van der Waals surface area contributed by atoms with Gasteiger partial charge in [0.1, 0.15) is 5.15 Å². The SMILES string of the molecule is CC(C)C(C)(C)CNc1ccnc(Cl)c1. The molecular formula is C12H19ClN2. The lowest BCUT2D eigenvalue weighted by molar-refractivity contribution is 0.269. The first-order valence-corrected chi connectivity index (χ1v) is 5.65. The van der Waals surface area contributed by atoms with Crippen molar-refractivity contribution in [2.75, 3.05) is 11.9 Å². The molecule has 0 aromatic carbocycles. The molecule has 0 amide bonds. The van der Waals surface area contributed by atoms with Gasteiger partial charge in [-0.1, -0.05) is 39.3 Å². The van der Waals surface area contributed by atoms with Crippen molar-refractivity contribution in [3.63, 3.8) is 0 Å². The van der Waals surface area contributed by atoms with Gasteiger partial charge in [-0.3, -0.25) is 0 Å². The first-order chi connectivity index (χ1) is 6.92. The topological polar surface area (TPSA) is 24.9 Å². The number of hydrogen-bond acceptors (Lipinski definition) is 2. The molecule has 0 saturated heterocycles. The lowest BCUT2D eigenvalue weighted by Crippen LogP contribution is -2.28. The Morgan fingerprint density at radius 1 is 1.47 bits per heavy atom. The van der Waals surface area contributed by atoms with Crippen LogP contribution in [0.3, 0.4) is 0 Å². The van der Waals surface area contributed by atoms with Gasteiger partial charge in [-0.25, -0.2) is 4.98 Å². The highest BCUT2D eigenvalue weighted by Gasteiger charge is 2.21. The minimum absolute atomic E-state index is 0.274. The Morgan fingerprint density at radius 2 is 2.13 bits per heavy atom. The number of hydrogen-bond donors (Lipinski definition) is 1. The maximum atomic E-state index is 5.81. The summed E-state index contributed by atoms with van der Waals surface area (Å²) in [5.41, 5.74) is 1.30. The number of aromatic nitrogens is 1. The lowest BCUT2D eigenvalue weighted by Gasteiger charge is -2.29. The zero-order chi connectivity index (χ0) is 11.5. The van der Waals surface area contributed by atoms with Gasteiger partial charge in [-0.2, -0.15) is 0 Å². The fraction of sp³-hybridized carbons (Fsp3) is 0.583. The van der Waals surface area contributed by atoms with Crippen molar-refractivity contribution < 1.29 is 0 Å². The van der Waals surface area contributed by atoms with Gasteiger partial charge in [0, 0.05) is 18.4 Å². The van der Waals surface area contributed by atoms with Crippen LogP contribution in [0.1, 0.15) is 27.7 Å². The molecule has 1 heterocycles. The minimum atomic E-state index is 0.274. The average molecular weight is 227 g/mol. The molecule has 0 aliphatic carbocycles. The van der Waals surface area contributed by atoms with E-state index < -0.39 is 0 Å². The summed E-state index contributed by atoms with van der Waals surface area (Å²) in [6.07, 6.45) is 1.72. The normalized spacial score (nSPS) is 11.9. The van der Waals surface area contributed by atoms with E-state index in [9.17, 15) is 0 Å². The number of nitrogens with one attached hydrogen (secondary N) is 1. The highest BCUT2D eigenvalue weighted by Crippen LogP contribution is 2.26. The first kappa shape index (κ1) is 12.3. The van der Waals surface area contributed by atoms with E-state index in [0.717, 1.165) is 12.2 Å². The van der Waals surface area contributed by atoms with Gasteiger partial charge < -0.3 is 5.32 Å². The molecule has 0 spiro atoms. The van der Waals surface area contributed by atoms with E-state index in [2.05, 4.69) is 38.0 Å². The van der Waals surface area contributed by atoms with Gasteiger partial charge in [-0.15, -0.1) is 0 Å². The minimum Gasteiger partial charge on any atom is -0.384 e. The monoisotopic (exact) mass is 226 g/mol. The van der Waals surface area contributed by atoms with E-state index in [1.54, 1.807) is 6.20 Å². The van der Waals surface area contributed by atoms with Crippen LogP contribution in [0.2, 0.25) is 5.15 Å². The van der Waals surface area contributed by atoms with Crippen LogP contribution in [0.25, 0.3) is 0 Å². The molecule has 0 fully saturated rings. The molecule has 2 nitrogen and oxygen atoms in total. The largest absolute Gasteiger partial charge is 0.384 e. The molecule has 3 heteroatoms. The third kappa shape index (κ3) is 3.71. The summed E-state index contributed by atoms with van der Waals surface area (Å²) in [5.74, 6) is 0.641. The Hall–Kier alpha value is -0.760.